The Balaban J connectivity index is 0.975. The zero-order valence-electron chi connectivity index (χ0n) is 29.0. The highest BCUT2D eigenvalue weighted by Gasteiger charge is 2.49. The first-order valence-corrected chi connectivity index (χ1v) is 19.5. The molecule has 1 saturated carbocycles. The number of nitrogens with one attached hydrogen (secondary N) is 1. The first kappa shape index (κ1) is 30.2. The fraction of sp³-hybridized carbons (Fsp3) is 0.556. The molecule has 7 atom stereocenters. The summed E-state index contributed by atoms with van der Waals surface area (Å²) in [6.45, 7) is 5.17. The molecule has 1 aliphatic heterocycles. The first-order valence-electron chi connectivity index (χ1n) is 19.5. The molecule has 2 nitrogen and oxygen atoms in total. The van der Waals surface area contributed by atoms with Gasteiger partial charge in [0.05, 0.1) is 6.17 Å². The van der Waals surface area contributed by atoms with Gasteiger partial charge in [-0.05, 0) is 136 Å². The number of hydrogen-bond donors (Lipinski definition) is 1. The number of benzene rings is 1. The highest BCUT2D eigenvalue weighted by Crippen LogP contribution is 2.61. The molecule has 1 N–H and O–H groups in total. The van der Waals surface area contributed by atoms with E-state index in [2.05, 4.69) is 96.9 Å². The van der Waals surface area contributed by atoms with Crippen LogP contribution < -0.4 is 10.2 Å². The van der Waals surface area contributed by atoms with E-state index < -0.39 is 0 Å². The molecule has 1 aromatic carbocycles. The van der Waals surface area contributed by atoms with Gasteiger partial charge in [0.2, 0.25) is 0 Å². The number of fused-ring (bicyclic) bond motifs is 3. The normalized spacial score (nSPS) is 36.0. The van der Waals surface area contributed by atoms with Crippen LogP contribution >= 0.6 is 0 Å². The van der Waals surface area contributed by atoms with Crippen LogP contribution in [0.1, 0.15) is 116 Å². The molecule has 246 valence electrons. The predicted octanol–water partition coefficient (Wildman–Crippen LogP) is 11.4. The van der Waals surface area contributed by atoms with Gasteiger partial charge in [-0.1, -0.05) is 110 Å². The zero-order valence-corrected chi connectivity index (χ0v) is 29.0. The van der Waals surface area contributed by atoms with Crippen LogP contribution in [0.3, 0.4) is 0 Å². The summed E-state index contributed by atoms with van der Waals surface area (Å²) in [6, 6.07) is 9.56. The molecule has 1 heterocycles. The van der Waals surface area contributed by atoms with E-state index in [1.807, 2.05) is 11.1 Å². The summed E-state index contributed by atoms with van der Waals surface area (Å²) in [4.78, 5) is 2.73. The maximum atomic E-state index is 4.03. The second-order valence-electron chi connectivity index (χ2n) is 16.8. The molecular weight excluding hydrogens is 569 g/mol. The summed E-state index contributed by atoms with van der Waals surface area (Å²) in [5, 5.41) is 4.03. The van der Waals surface area contributed by atoms with Crippen LogP contribution in [0.2, 0.25) is 0 Å². The summed E-state index contributed by atoms with van der Waals surface area (Å²) in [5.41, 5.74) is 13.3. The van der Waals surface area contributed by atoms with Crippen molar-refractivity contribution in [3.63, 3.8) is 0 Å². The van der Waals surface area contributed by atoms with Crippen LogP contribution in [0.4, 0.5) is 5.69 Å². The fourth-order valence-electron chi connectivity index (χ4n) is 11.4. The fourth-order valence-corrected chi connectivity index (χ4v) is 11.4. The minimum atomic E-state index is 0.263. The third-order valence-electron chi connectivity index (χ3n) is 14.0. The monoisotopic (exact) mass is 624 g/mol. The van der Waals surface area contributed by atoms with Gasteiger partial charge in [0, 0.05) is 17.0 Å². The lowest BCUT2D eigenvalue weighted by Crippen LogP contribution is -2.73. The minimum absolute atomic E-state index is 0.263. The van der Waals surface area contributed by atoms with Crippen LogP contribution in [0.25, 0.3) is 5.57 Å². The molecule has 0 aromatic heterocycles. The Labute approximate surface area is 284 Å². The topological polar surface area (TPSA) is 15.3 Å². The molecule has 1 aromatic rings. The van der Waals surface area contributed by atoms with E-state index in [1.54, 1.807) is 11.1 Å². The lowest BCUT2D eigenvalue weighted by atomic mass is 9.66. The third kappa shape index (κ3) is 5.33. The largest absolute Gasteiger partial charge is 0.336 e. The van der Waals surface area contributed by atoms with Crippen molar-refractivity contribution in [3.8, 4) is 0 Å². The van der Waals surface area contributed by atoms with Gasteiger partial charge >= 0.3 is 0 Å². The molecule has 9 rings (SSSR count). The van der Waals surface area contributed by atoms with Crippen molar-refractivity contribution in [3.05, 3.63) is 106 Å². The van der Waals surface area contributed by atoms with E-state index in [0.717, 1.165) is 30.6 Å². The standard InChI is InChI=1S/C45H56N2/c1-45(2)41-29-37(23-24-39(41)40-27-35-17-9-10-18-36(35)28-42(40)45)33-20-11-19-32(25-33)34-21-12-22-38(26-34)47-43(30-13-5-3-6-14-30)46-44(47)31-15-7-4-8-16-31/h3-5,7,12-13,19,21-22,25-26,29,31,35-37,39,43-44,46H,6,8-11,14-18,20,23-24,27-28H2,1-2H3. The van der Waals surface area contributed by atoms with Crippen molar-refractivity contribution in [2.75, 3.05) is 4.90 Å². The second-order valence-corrected chi connectivity index (χ2v) is 16.8. The Hall–Kier alpha value is -2.84. The van der Waals surface area contributed by atoms with Crippen LogP contribution in [0.5, 0.6) is 0 Å². The molecule has 1 saturated heterocycles. The smallest absolute Gasteiger partial charge is 0.105 e. The highest BCUT2D eigenvalue weighted by molar-refractivity contribution is 5.78. The Morgan fingerprint density at radius 2 is 1.70 bits per heavy atom. The van der Waals surface area contributed by atoms with Crippen molar-refractivity contribution >= 4 is 11.3 Å². The Morgan fingerprint density at radius 3 is 2.53 bits per heavy atom. The lowest BCUT2D eigenvalue weighted by Gasteiger charge is -2.55. The number of anilines is 1. The van der Waals surface area contributed by atoms with Gasteiger partial charge in [-0.3, -0.25) is 5.32 Å². The Kier molecular flexibility index (Phi) is 7.88. The lowest BCUT2D eigenvalue weighted by molar-refractivity contribution is 0.201. The van der Waals surface area contributed by atoms with E-state index in [9.17, 15) is 0 Å². The van der Waals surface area contributed by atoms with Crippen molar-refractivity contribution in [2.24, 2.45) is 35.0 Å². The van der Waals surface area contributed by atoms with Gasteiger partial charge < -0.3 is 4.90 Å². The van der Waals surface area contributed by atoms with Crippen molar-refractivity contribution in [1.82, 2.24) is 5.32 Å². The Morgan fingerprint density at radius 1 is 0.830 bits per heavy atom. The molecule has 0 amide bonds. The van der Waals surface area contributed by atoms with E-state index in [-0.39, 0.29) is 5.41 Å². The molecule has 7 aliphatic carbocycles. The third-order valence-corrected chi connectivity index (χ3v) is 14.0. The molecule has 2 fully saturated rings. The maximum Gasteiger partial charge on any atom is 0.105 e. The van der Waals surface area contributed by atoms with Gasteiger partial charge in [-0.25, -0.2) is 0 Å². The zero-order chi connectivity index (χ0) is 31.5. The van der Waals surface area contributed by atoms with Gasteiger partial charge in [-0.2, -0.15) is 0 Å². The number of allylic oxidation sites excluding steroid dienone is 13. The average Bonchev–Trinajstić information content (AvgIpc) is 3.33. The van der Waals surface area contributed by atoms with E-state index in [0.29, 0.717) is 24.2 Å². The molecule has 7 unspecified atom stereocenters. The van der Waals surface area contributed by atoms with Gasteiger partial charge in [0.25, 0.3) is 0 Å². The van der Waals surface area contributed by atoms with E-state index in [4.69, 9.17) is 0 Å². The molecule has 0 spiro atoms. The first-order chi connectivity index (χ1) is 23.0. The minimum Gasteiger partial charge on any atom is -0.336 e. The number of rotatable bonds is 5. The molecule has 47 heavy (non-hydrogen) atoms. The maximum absolute atomic E-state index is 4.03. The quantitative estimate of drug-likeness (QED) is 0.328. The number of nitrogens with zero attached hydrogens (tertiary/aromatic N) is 1. The summed E-state index contributed by atoms with van der Waals surface area (Å²) >= 11 is 0. The number of hydrogen-bond acceptors (Lipinski definition) is 2. The van der Waals surface area contributed by atoms with Crippen LogP contribution in [-0.2, 0) is 0 Å². The highest BCUT2D eigenvalue weighted by atomic mass is 15.5. The summed E-state index contributed by atoms with van der Waals surface area (Å²) in [7, 11) is 0. The molecule has 0 bridgehead atoms. The van der Waals surface area contributed by atoms with E-state index >= 15 is 0 Å². The van der Waals surface area contributed by atoms with Crippen molar-refractivity contribution in [1.29, 1.82) is 0 Å². The van der Waals surface area contributed by atoms with Gasteiger partial charge in [0.1, 0.15) is 6.17 Å². The van der Waals surface area contributed by atoms with Crippen molar-refractivity contribution in [2.45, 2.75) is 122 Å². The molecule has 0 radical (unpaired) electrons. The van der Waals surface area contributed by atoms with Crippen molar-refractivity contribution < 1.29 is 0 Å². The average molecular weight is 625 g/mol. The van der Waals surface area contributed by atoms with Crippen LogP contribution in [0, 0.1) is 35.0 Å². The molecule has 2 heteroatoms. The summed E-state index contributed by atoms with van der Waals surface area (Å²) < 4.78 is 0. The van der Waals surface area contributed by atoms with Crippen LogP contribution in [-0.4, -0.2) is 12.3 Å². The molecular formula is C45H56N2. The Bertz CT molecular complexity index is 1620. The van der Waals surface area contributed by atoms with Crippen LogP contribution in [0.15, 0.2) is 101 Å². The summed E-state index contributed by atoms with van der Waals surface area (Å²) in [6.07, 6.45) is 40.2. The summed E-state index contributed by atoms with van der Waals surface area (Å²) in [5.74, 6) is 3.97. The van der Waals surface area contributed by atoms with E-state index in [1.165, 1.54) is 106 Å². The van der Waals surface area contributed by atoms with Gasteiger partial charge in [0.15, 0.2) is 0 Å². The molecule has 8 aliphatic rings. The van der Waals surface area contributed by atoms with Gasteiger partial charge in [-0.15, -0.1) is 0 Å². The predicted molar refractivity (Wildman–Crippen MR) is 198 cm³/mol. The SMILES string of the molecule is CC1(C)C2=CC(C3=CC(c4cccc(N5C(C6=CC=CCC6)NC5C5CC=CCC5)c4)=CCC3)CCC2C2=C1CC1CCCCC1C2. The second kappa shape index (κ2) is 12.2.